The third-order valence-corrected chi connectivity index (χ3v) is 3.65. The van der Waals surface area contributed by atoms with Crippen molar-refractivity contribution in [3.8, 4) is 11.5 Å². The Hall–Kier alpha value is -3.54. The van der Waals surface area contributed by atoms with Gasteiger partial charge in [0.05, 0.1) is 24.2 Å². The first-order chi connectivity index (χ1) is 12.7. The van der Waals surface area contributed by atoms with Crippen LogP contribution >= 0.6 is 0 Å². The molecule has 6 heteroatoms. The first-order valence-electron chi connectivity index (χ1n) is 8.02. The third-order valence-electron chi connectivity index (χ3n) is 3.65. The molecular weight excluding hydrogens is 328 g/mol. The third kappa shape index (κ3) is 4.30. The zero-order chi connectivity index (χ0) is 18.4. The van der Waals surface area contributed by atoms with E-state index in [1.165, 1.54) is 0 Å². The van der Waals surface area contributed by atoms with Crippen molar-refractivity contribution in [2.24, 2.45) is 20.5 Å². The maximum atomic E-state index is 9.31. The van der Waals surface area contributed by atoms with Gasteiger partial charge in [0.15, 0.2) is 0 Å². The van der Waals surface area contributed by atoms with E-state index in [2.05, 4.69) is 20.5 Å². The molecule has 0 amide bonds. The smallest absolute Gasteiger partial charge is 0.148 e. The van der Waals surface area contributed by atoms with Crippen molar-refractivity contribution < 1.29 is 9.84 Å². The summed E-state index contributed by atoms with van der Waals surface area (Å²) in [7, 11) is 1.57. The average Bonchev–Trinajstić information content (AvgIpc) is 2.67. The minimum Gasteiger partial charge on any atom is -0.508 e. The zero-order valence-corrected chi connectivity index (χ0v) is 14.5. The van der Waals surface area contributed by atoms with E-state index in [9.17, 15) is 5.11 Å². The highest BCUT2D eigenvalue weighted by Crippen LogP contribution is 2.36. The van der Waals surface area contributed by atoms with Crippen molar-refractivity contribution in [2.75, 3.05) is 7.11 Å². The quantitative estimate of drug-likeness (QED) is 0.532. The van der Waals surface area contributed by atoms with Gasteiger partial charge in [-0.25, -0.2) is 0 Å². The number of aryl methyl sites for hydroxylation is 1. The van der Waals surface area contributed by atoms with Gasteiger partial charge in [-0.1, -0.05) is 18.2 Å². The number of hydrogen-bond donors (Lipinski definition) is 1. The molecule has 3 rings (SSSR count). The number of benzene rings is 3. The lowest BCUT2D eigenvalue weighted by molar-refractivity contribution is 0.416. The number of ether oxygens (including phenoxy) is 1. The molecule has 3 aromatic rings. The van der Waals surface area contributed by atoms with Crippen molar-refractivity contribution in [2.45, 2.75) is 6.92 Å². The number of phenols is 1. The van der Waals surface area contributed by atoms with Gasteiger partial charge in [-0.05, 0) is 55.0 Å². The molecule has 1 N–H and O–H groups in total. The minimum absolute atomic E-state index is 0.186. The summed E-state index contributed by atoms with van der Waals surface area (Å²) in [6, 6.07) is 19.6. The number of rotatable bonds is 5. The molecule has 0 saturated carbocycles. The molecule has 0 bridgehead atoms. The molecule has 0 unspecified atom stereocenters. The van der Waals surface area contributed by atoms with Crippen molar-refractivity contribution in [1.29, 1.82) is 0 Å². The monoisotopic (exact) mass is 346 g/mol. The van der Waals surface area contributed by atoms with Gasteiger partial charge in [-0.2, -0.15) is 15.3 Å². The van der Waals surface area contributed by atoms with Crippen LogP contribution in [-0.2, 0) is 0 Å². The lowest BCUT2D eigenvalue weighted by atomic mass is 10.1. The van der Waals surface area contributed by atoms with E-state index >= 15 is 0 Å². The van der Waals surface area contributed by atoms with Crippen LogP contribution in [0.3, 0.4) is 0 Å². The topological polar surface area (TPSA) is 78.9 Å². The molecule has 0 atom stereocenters. The van der Waals surface area contributed by atoms with Crippen LogP contribution in [0.5, 0.6) is 11.5 Å². The molecule has 0 aromatic heterocycles. The highest BCUT2D eigenvalue weighted by molar-refractivity contribution is 5.63. The van der Waals surface area contributed by atoms with Crippen molar-refractivity contribution in [1.82, 2.24) is 0 Å². The molecule has 26 heavy (non-hydrogen) atoms. The lowest BCUT2D eigenvalue weighted by Gasteiger charge is -2.07. The van der Waals surface area contributed by atoms with Crippen molar-refractivity contribution >= 4 is 22.7 Å². The van der Waals surface area contributed by atoms with E-state index < -0.39 is 0 Å². The first kappa shape index (κ1) is 17.3. The number of azo groups is 2. The fourth-order valence-corrected chi connectivity index (χ4v) is 2.25. The zero-order valence-electron chi connectivity index (χ0n) is 14.5. The van der Waals surface area contributed by atoms with Crippen LogP contribution < -0.4 is 4.74 Å². The van der Waals surface area contributed by atoms with Crippen LogP contribution in [0.4, 0.5) is 22.7 Å². The Labute approximate surface area is 151 Å². The van der Waals surface area contributed by atoms with E-state index in [0.717, 1.165) is 11.3 Å². The van der Waals surface area contributed by atoms with Crippen LogP contribution in [0.1, 0.15) is 5.56 Å². The second kappa shape index (κ2) is 8.02. The van der Waals surface area contributed by atoms with Crippen LogP contribution in [0.15, 0.2) is 87.2 Å². The minimum atomic E-state index is 0.186. The van der Waals surface area contributed by atoms with Gasteiger partial charge in [-0.15, -0.1) is 5.11 Å². The Kier molecular flexibility index (Phi) is 5.34. The predicted molar refractivity (Wildman–Crippen MR) is 101 cm³/mol. The first-order valence-corrected chi connectivity index (χ1v) is 8.02. The molecule has 130 valence electrons. The number of nitrogens with zero attached hydrogens (tertiary/aromatic N) is 4. The molecule has 3 aromatic carbocycles. The maximum Gasteiger partial charge on any atom is 0.148 e. The van der Waals surface area contributed by atoms with Gasteiger partial charge < -0.3 is 9.84 Å². The molecule has 0 aliphatic heterocycles. The molecule has 0 radical (unpaired) electrons. The largest absolute Gasteiger partial charge is 0.508 e. The number of phenolic OH excluding ortho intramolecular Hbond substituents is 1. The summed E-state index contributed by atoms with van der Waals surface area (Å²) in [6.45, 7) is 1.93. The summed E-state index contributed by atoms with van der Waals surface area (Å²) in [5, 5.41) is 26.3. The summed E-state index contributed by atoms with van der Waals surface area (Å²) in [5.74, 6) is 0.741. The lowest BCUT2D eigenvalue weighted by Crippen LogP contribution is -1.85. The van der Waals surface area contributed by atoms with E-state index in [4.69, 9.17) is 4.74 Å². The summed E-state index contributed by atoms with van der Waals surface area (Å²) in [5.41, 5.74) is 3.62. The van der Waals surface area contributed by atoms with Crippen LogP contribution in [0.2, 0.25) is 0 Å². The Morgan fingerprint density at radius 1 is 0.731 bits per heavy atom. The second-order valence-electron chi connectivity index (χ2n) is 5.56. The van der Waals surface area contributed by atoms with Gasteiger partial charge >= 0.3 is 0 Å². The normalized spacial score (nSPS) is 11.3. The molecule has 0 saturated heterocycles. The molecule has 0 fully saturated rings. The van der Waals surface area contributed by atoms with Gasteiger partial charge in [0.1, 0.15) is 17.2 Å². The van der Waals surface area contributed by atoms with Gasteiger partial charge in [-0.3, -0.25) is 0 Å². The second-order valence-corrected chi connectivity index (χ2v) is 5.56. The van der Waals surface area contributed by atoms with E-state index in [0.29, 0.717) is 22.8 Å². The summed E-state index contributed by atoms with van der Waals surface area (Å²) >= 11 is 0. The predicted octanol–water partition coefficient (Wildman–Crippen LogP) is 6.54. The molecule has 6 nitrogen and oxygen atoms in total. The van der Waals surface area contributed by atoms with Crippen molar-refractivity contribution in [3.05, 3.63) is 72.3 Å². The number of aromatic hydroxyl groups is 1. The van der Waals surface area contributed by atoms with Crippen molar-refractivity contribution in [3.63, 3.8) is 0 Å². The van der Waals surface area contributed by atoms with Gasteiger partial charge in [0, 0.05) is 6.07 Å². The van der Waals surface area contributed by atoms with E-state index in [1.807, 2.05) is 43.3 Å². The summed E-state index contributed by atoms with van der Waals surface area (Å²) < 4.78 is 5.41. The standard InChI is InChI=1S/C20H18N4O2/c1-14-12-19(24-22-16-8-10-17(25)11-9-16)20(26-2)13-18(14)23-21-15-6-4-3-5-7-15/h3-13,25H,1-2H3. The molecule has 0 aliphatic carbocycles. The fraction of sp³-hybridized carbons (Fsp3) is 0.100. The molecule has 0 heterocycles. The number of methoxy groups -OCH3 is 1. The average molecular weight is 346 g/mol. The molecule has 0 spiro atoms. The van der Waals surface area contributed by atoms with Crippen LogP contribution in [0.25, 0.3) is 0 Å². The number of hydrogen-bond acceptors (Lipinski definition) is 6. The maximum absolute atomic E-state index is 9.31. The SMILES string of the molecule is COc1cc(N=Nc2ccccc2)c(C)cc1N=Nc1ccc(O)cc1. The Morgan fingerprint density at radius 3 is 2.00 bits per heavy atom. The molecular formula is C20H18N4O2. The Balaban J connectivity index is 1.87. The van der Waals surface area contributed by atoms with Crippen LogP contribution in [0, 0.1) is 6.92 Å². The van der Waals surface area contributed by atoms with Gasteiger partial charge in [0.25, 0.3) is 0 Å². The van der Waals surface area contributed by atoms with Crippen LogP contribution in [-0.4, -0.2) is 12.2 Å². The highest BCUT2D eigenvalue weighted by atomic mass is 16.5. The van der Waals surface area contributed by atoms with E-state index in [1.54, 1.807) is 37.4 Å². The highest BCUT2D eigenvalue weighted by Gasteiger charge is 2.08. The fourth-order valence-electron chi connectivity index (χ4n) is 2.25. The Morgan fingerprint density at radius 2 is 1.35 bits per heavy atom. The summed E-state index contributed by atoms with van der Waals surface area (Å²) in [6.07, 6.45) is 0. The van der Waals surface area contributed by atoms with E-state index in [-0.39, 0.29) is 5.75 Å². The summed E-state index contributed by atoms with van der Waals surface area (Å²) in [4.78, 5) is 0. The van der Waals surface area contributed by atoms with Gasteiger partial charge in [0.2, 0.25) is 0 Å². The Bertz CT molecular complexity index is 936. The molecule has 0 aliphatic rings.